The molecule has 0 saturated heterocycles. The van der Waals surface area contributed by atoms with Crippen LogP contribution in [0.4, 0.5) is 4.39 Å². The van der Waals surface area contributed by atoms with Gasteiger partial charge >= 0.3 is 0 Å². The Morgan fingerprint density at radius 2 is 1.80 bits per heavy atom. The highest BCUT2D eigenvalue weighted by atomic mass is 32.1. The molecule has 0 aliphatic rings. The molecule has 0 fully saturated rings. The number of methoxy groups -OCH3 is 2. The van der Waals surface area contributed by atoms with Crippen LogP contribution in [0.15, 0.2) is 42.5 Å². The number of rotatable bonds is 5. The molecular formula is C17H18FN3O3S. The van der Waals surface area contributed by atoms with Crippen molar-refractivity contribution >= 4 is 23.2 Å². The summed E-state index contributed by atoms with van der Waals surface area (Å²) < 4.78 is 23.1. The maximum absolute atomic E-state index is 12.8. The van der Waals surface area contributed by atoms with Crippen LogP contribution in [0.1, 0.15) is 15.9 Å². The molecule has 0 atom stereocenters. The molecule has 0 unspecified atom stereocenters. The van der Waals surface area contributed by atoms with E-state index in [1.807, 2.05) is 0 Å². The van der Waals surface area contributed by atoms with Crippen LogP contribution in [-0.4, -0.2) is 25.2 Å². The van der Waals surface area contributed by atoms with Crippen molar-refractivity contribution in [3.05, 3.63) is 59.4 Å². The summed E-state index contributed by atoms with van der Waals surface area (Å²) in [6.07, 6.45) is 0. The van der Waals surface area contributed by atoms with Gasteiger partial charge < -0.3 is 14.8 Å². The lowest BCUT2D eigenvalue weighted by Crippen LogP contribution is -2.46. The molecule has 6 nitrogen and oxygen atoms in total. The number of hydrogen-bond donors (Lipinski definition) is 3. The maximum Gasteiger partial charge on any atom is 0.273 e. The third kappa shape index (κ3) is 5.32. The molecular weight excluding hydrogens is 345 g/mol. The van der Waals surface area contributed by atoms with Crippen LogP contribution in [0.5, 0.6) is 11.5 Å². The van der Waals surface area contributed by atoms with Crippen molar-refractivity contribution < 1.29 is 18.7 Å². The topological polar surface area (TPSA) is 71.6 Å². The number of benzene rings is 2. The molecule has 0 saturated carbocycles. The monoisotopic (exact) mass is 363 g/mol. The van der Waals surface area contributed by atoms with Gasteiger partial charge in [0.1, 0.15) is 17.3 Å². The highest BCUT2D eigenvalue weighted by Gasteiger charge is 2.13. The minimum atomic E-state index is -0.429. The van der Waals surface area contributed by atoms with Gasteiger partial charge in [-0.3, -0.25) is 15.6 Å². The zero-order valence-electron chi connectivity index (χ0n) is 13.8. The van der Waals surface area contributed by atoms with Crippen LogP contribution < -0.4 is 25.6 Å². The van der Waals surface area contributed by atoms with Gasteiger partial charge in [-0.2, -0.15) is 0 Å². The first kappa shape index (κ1) is 18.5. The number of carbonyl (C=O) groups is 1. The molecule has 2 aromatic carbocycles. The third-order valence-electron chi connectivity index (χ3n) is 3.31. The van der Waals surface area contributed by atoms with E-state index >= 15 is 0 Å². The molecule has 0 aliphatic carbocycles. The van der Waals surface area contributed by atoms with Gasteiger partial charge in [0, 0.05) is 6.54 Å². The van der Waals surface area contributed by atoms with Gasteiger partial charge in [-0.05, 0) is 48.1 Å². The maximum atomic E-state index is 12.8. The quantitative estimate of drug-likeness (QED) is 0.559. The van der Waals surface area contributed by atoms with Gasteiger partial charge in [-0.1, -0.05) is 12.1 Å². The van der Waals surface area contributed by atoms with E-state index in [-0.39, 0.29) is 10.9 Å². The average Bonchev–Trinajstić information content (AvgIpc) is 2.65. The Bertz CT molecular complexity index is 753. The van der Waals surface area contributed by atoms with Gasteiger partial charge in [0.2, 0.25) is 0 Å². The normalized spacial score (nSPS) is 9.88. The molecule has 0 heterocycles. The number of hydrogen-bond acceptors (Lipinski definition) is 4. The van der Waals surface area contributed by atoms with E-state index in [1.54, 1.807) is 30.3 Å². The zero-order valence-corrected chi connectivity index (χ0v) is 14.6. The predicted molar refractivity (Wildman–Crippen MR) is 96.0 cm³/mol. The van der Waals surface area contributed by atoms with Crippen LogP contribution in [-0.2, 0) is 6.54 Å². The Morgan fingerprint density at radius 3 is 2.44 bits per heavy atom. The highest BCUT2D eigenvalue weighted by Crippen LogP contribution is 2.23. The van der Waals surface area contributed by atoms with Crippen LogP contribution in [0.2, 0.25) is 0 Å². The van der Waals surface area contributed by atoms with Crippen molar-refractivity contribution in [3.8, 4) is 11.5 Å². The summed E-state index contributed by atoms with van der Waals surface area (Å²) in [6, 6.07) is 10.9. The summed E-state index contributed by atoms with van der Waals surface area (Å²) in [6.45, 7) is 0.393. The fourth-order valence-corrected chi connectivity index (χ4v) is 2.12. The largest absolute Gasteiger partial charge is 0.497 e. The smallest absolute Gasteiger partial charge is 0.273 e. The predicted octanol–water partition coefficient (Wildman–Crippen LogP) is 2.15. The van der Waals surface area contributed by atoms with Crippen molar-refractivity contribution in [1.29, 1.82) is 0 Å². The Labute approximate surface area is 150 Å². The lowest BCUT2D eigenvalue weighted by atomic mass is 10.2. The second kappa shape index (κ2) is 8.84. The van der Waals surface area contributed by atoms with E-state index in [0.29, 0.717) is 23.6 Å². The van der Waals surface area contributed by atoms with Crippen molar-refractivity contribution in [3.63, 3.8) is 0 Å². The molecule has 0 bridgehead atoms. The van der Waals surface area contributed by atoms with Gasteiger partial charge in [0.25, 0.3) is 5.91 Å². The van der Waals surface area contributed by atoms with E-state index in [1.165, 1.54) is 26.4 Å². The van der Waals surface area contributed by atoms with Gasteiger partial charge in [-0.15, -0.1) is 0 Å². The molecule has 1 amide bonds. The summed E-state index contributed by atoms with van der Waals surface area (Å²) in [5.74, 6) is 0.207. The van der Waals surface area contributed by atoms with E-state index < -0.39 is 5.91 Å². The molecule has 0 aromatic heterocycles. The van der Waals surface area contributed by atoms with E-state index in [0.717, 1.165) is 5.56 Å². The number of nitrogens with one attached hydrogen (secondary N) is 3. The van der Waals surface area contributed by atoms with Crippen LogP contribution in [0, 0.1) is 5.82 Å². The number of ether oxygens (including phenoxy) is 2. The standard InChI is InChI=1S/C17H18FN3O3S/c1-23-13-7-8-15(24-2)14(9-13)16(22)20-21-17(25)19-10-11-3-5-12(18)6-4-11/h3-9H,10H2,1-2H3,(H,20,22)(H2,19,21,25). The molecule has 2 rings (SSSR count). The summed E-state index contributed by atoms with van der Waals surface area (Å²) >= 11 is 5.09. The first-order valence-electron chi connectivity index (χ1n) is 7.34. The van der Waals surface area contributed by atoms with Gasteiger partial charge in [-0.25, -0.2) is 4.39 Å². The number of carbonyl (C=O) groups excluding carboxylic acids is 1. The minimum Gasteiger partial charge on any atom is -0.497 e. The average molecular weight is 363 g/mol. The molecule has 0 spiro atoms. The molecule has 132 valence electrons. The molecule has 2 aromatic rings. The number of hydrazine groups is 1. The van der Waals surface area contributed by atoms with Crippen molar-refractivity contribution in [2.24, 2.45) is 0 Å². The third-order valence-corrected chi connectivity index (χ3v) is 3.55. The van der Waals surface area contributed by atoms with Gasteiger partial charge in [0.05, 0.1) is 19.8 Å². The zero-order chi connectivity index (χ0) is 18.2. The highest BCUT2D eigenvalue weighted by molar-refractivity contribution is 7.80. The van der Waals surface area contributed by atoms with Crippen molar-refractivity contribution in [1.82, 2.24) is 16.2 Å². The Morgan fingerprint density at radius 1 is 1.08 bits per heavy atom. The first-order valence-corrected chi connectivity index (χ1v) is 7.75. The Kier molecular flexibility index (Phi) is 6.53. The fourth-order valence-electron chi connectivity index (χ4n) is 2.00. The summed E-state index contributed by atoms with van der Waals surface area (Å²) in [5, 5.41) is 3.13. The van der Waals surface area contributed by atoms with Crippen molar-refractivity contribution in [2.75, 3.05) is 14.2 Å². The molecule has 0 radical (unpaired) electrons. The summed E-state index contributed by atoms with van der Waals surface area (Å²) in [4.78, 5) is 12.3. The minimum absolute atomic E-state index is 0.222. The molecule has 25 heavy (non-hydrogen) atoms. The SMILES string of the molecule is COc1ccc(OC)c(C(=O)NNC(=S)NCc2ccc(F)cc2)c1. The second-order valence-electron chi connectivity index (χ2n) is 4.95. The second-order valence-corrected chi connectivity index (χ2v) is 5.36. The van der Waals surface area contributed by atoms with Crippen LogP contribution in [0.3, 0.4) is 0 Å². The molecule has 3 N–H and O–H groups in total. The number of halogens is 1. The Balaban J connectivity index is 1.88. The van der Waals surface area contributed by atoms with Crippen LogP contribution >= 0.6 is 12.2 Å². The fraction of sp³-hybridized carbons (Fsp3) is 0.176. The van der Waals surface area contributed by atoms with E-state index in [4.69, 9.17) is 21.7 Å². The number of amides is 1. The first-order chi connectivity index (χ1) is 12.0. The van der Waals surface area contributed by atoms with Crippen molar-refractivity contribution in [2.45, 2.75) is 6.54 Å². The lowest BCUT2D eigenvalue weighted by molar-refractivity contribution is 0.0940. The lowest BCUT2D eigenvalue weighted by Gasteiger charge is -2.13. The molecule has 8 heteroatoms. The number of thiocarbonyl (C=S) groups is 1. The molecule has 0 aliphatic heterocycles. The van der Waals surface area contributed by atoms with E-state index in [2.05, 4.69) is 16.2 Å². The summed E-state index contributed by atoms with van der Waals surface area (Å²) in [5.41, 5.74) is 6.24. The van der Waals surface area contributed by atoms with E-state index in [9.17, 15) is 9.18 Å². The van der Waals surface area contributed by atoms with Gasteiger partial charge in [0.15, 0.2) is 5.11 Å². The van der Waals surface area contributed by atoms with Crippen LogP contribution in [0.25, 0.3) is 0 Å². The Hall–Kier alpha value is -2.87. The summed E-state index contributed by atoms with van der Waals surface area (Å²) in [7, 11) is 2.98.